The lowest BCUT2D eigenvalue weighted by atomic mass is 10.1. The highest BCUT2D eigenvalue weighted by atomic mass is 16.5. The average molecular weight is 259 g/mol. The molecule has 0 fully saturated rings. The molecule has 4 heteroatoms. The van der Waals surface area contributed by atoms with E-state index in [1.165, 1.54) is 5.56 Å². The molecule has 1 heterocycles. The molecule has 19 heavy (non-hydrogen) atoms. The molecular formula is C15H21N3O. The summed E-state index contributed by atoms with van der Waals surface area (Å²) >= 11 is 0. The number of para-hydroxylation sites is 1. The largest absolute Gasteiger partial charge is 0.494 e. The first-order chi connectivity index (χ1) is 9.26. The second-order valence-electron chi connectivity index (χ2n) is 4.47. The summed E-state index contributed by atoms with van der Waals surface area (Å²) in [5.41, 5.74) is 2.33. The van der Waals surface area contributed by atoms with Gasteiger partial charge >= 0.3 is 0 Å². The van der Waals surface area contributed by atoms with Gasteiger partial charge in [-0.1, -0.05) is 18.2 Å². The Kier molecular flexibility index (Phi) is 4.58. The van der Waals surface area contributed by atoms with Crippen molar-refractivity contribution in [1.29, 1.82) is 0 Å². The summed E-state index contributed by atoms with van der Waals surface area (Å²) in [6, 6.07) is 10.4. The summed E-state index contributed by atoms with van der Waals surface area (Å²) in [7, 11) is 1.96. The smallest absolute Gasteiger partial charge is 0.124 e. The number of benzene rings is 1. The van der Waals surface area contributed by atoms with E-state index in [-0.39, 0.29) is 6.04 Å². The van der Waals surface area contributed by atoms with Crippen molar-refractivity contribution in [1.82, 2.24) is 15.1 Å². The Morgan fingerprint density at radius 2 is 2.11 bits per heavy atom. The summed E-state index contributed by atoms with van der Waals surface area (Å²) in [6.07, 6.45) is 1.83. The van der Waals surface area contributed by atoms with Gasteiger partial charge in [-0.05, 0) is 33.0 Å². The lowest BCUT2D eigenvalue weighted by Gasteiger charge is -2.20. The molecule has 1 unspecified atom stereocenters. The van der Waals surface area contributed by atoms with Crippen LogP contribution in [0.15, 0.2) is 36.5 Å². The number of likely N-dealkylation sites (N-methyl/N-ethyl adjacent to an activating group) is 1. The van der Waals surface area contributed by atoms with E-state index in [1.54, 1.807) is 0 Å². The number of hydrogen-bond donors (Lipinski definition) is 1. The van der Waals surface area contributed by atoms with Gasteiger partial charge in [0.15, 0.2) is 0 Å². The van der Waals surface area contributed by atoms with Crippen LogP contribution in [-0.2, 0) is 6.54 Å². The van der Waals surface area contributed by atoms with E-state index < -0.39 is 0 Å². The highest BCUT2D eigenvalue weighted by molar-refractivity contribution is 5.36. The minimum atomic E-state index is 0.182. The Hall–Kier alpha value is -1.81. The monoisotopic (exact) mass is 259 g/mol. The van der Waals surface area contributed by atoms with Gasteiger partial charge in [-0.2, -0.15) is 5.10 Å². The Morgan fingerprint density at radius 3 is 2.74 bits per heavy atom. The first kappa shape index (κ1) is 13.6. The number of ether oxygens (including phenoxy) is 1. The molecule has 1 aromatic carbocycles. The van der Waals surface area contributed by atoms with Crippen LogP contribution in [0, 0.1) is 6.92 Å². The van der Waals surface area contributed by atoms with Crippen molar-refractivity contribution in [2.75, 3.05) is 13.7 Å². The van der Waals surface area contributed by atoms with Gasteiger partial charge in [0.1, 0.15) is 5.75 Å². The molecule has 1 N–H and O–H groups in total. The zero-order valence-corrected chi connectivity index (χ0v) is 11.8. The minimum Gasteiger partial charge on any atom is -0.494 e. The Balaban J connectivity index is 2.24. The molecule has 0 saturated carbocycles. The lowest BCUT2D eigenvalue weighted by Crippen LogP contribution is -2.23. The average Bonchev–Trinajstić information content (AvgIpc) is 2.83. The van der Waals surface area contributed by atoms with E-state index in [1.807, 2.05) is 49.1 Å². The predicted molar refractivity (Wildman–Crippen MR) is 76.4 cm³/mol. The van der Waals surface area contributed by atoms with Gasteiger partial charge in [0.2, 0.25) is 0 Å². The van der Waals surface area contributed by atoms with Gasteiger partial charge in [-0.25, -0.2) is 0 Å². The first-order valence-corrected chi connectivity index (χ1v) is 6.63. The van der Waals surface area contributed by atoms with Gasteiger partial charge in [-0.3, -0.25) is 4.68 Å². The number of rotatable bonds is 6. The van der Waals surface area contributed by atoms with Crippen molar-refractivity contribution in [2.45, 2.75) is 26.4 Å². The van der Waals surface area contributed by atoms with Crippen LogP contribution in [0.4, 0.5) is 0 Å². The molecule has 2 rings (SSSR count). The van der Waals surface area contributed by atoms with Crippen molar-refractivity contribution in [3.05, 3.63) is 47.8 Å². The van der Waals surface area contributed by atoms with Gasteiger partial charge in [-0.15, -0.1) is 0 Å². The molecule has 2 aromatic rings. The third-order valence-electron chi connectivity index (χ3n) is 3.23. The summed E-state index contributed by atoms with van der Waals surface area (Å²) < 4.78 is 7.70. The van der Waals surface area contributed by atoms with Gasteiger partial charge in [0.05, 0.1) is 19.2 Å². The fourth-order valence-corrected chi connectivity index (χ4v) is 2.16. The Morgan fingerprint density at radius 1 is 1.32 bits per heavy atom. The summed E-state index contributed by atoms with van der Waals surface area (Å²) in [5.74, 6) is 0.939. The van der Waals surface area contributed by atoms with Gasteiger partial charge in [0.25, 0.3) is 0 Å². The lowest BCUT2D eigenvalue weighted by molar-refractivity contribution is 0.328. The van der Waals surface area contributed by atoms with Crippen LogP contribution in [-0.4, -0.2) is 23.4 Å². The fourth-order valence-electron chi connectivity index (χ4n) is 2.16. The van der Waals surface area contributed by atoms with Crippen molar-refractivity contribution in [3.63, 3.8) is 0 Å². The predicted octanol–water partition coefficient (Wildman–Crippen LogP) is 2.55. The maximum absolute atomic E-state index is 5.70. The topological polar surface area (TPSA) is 39.1 Å². The highest BCUT2D eigenvalue weighted by Crippen LogP contribution is 2.26. The SMILES string of the molecule is CCOc1ccccc1C(Cn1nccc1C)NC. The number of nitrogens with one attached hydrogen (secondary N) is 1. The van der Waals surface area contributed by atoms with Gasteiger partial charge < -0.3 is 10.1 Å². The van der Waals surface area contributed by atoms with Crippen LogP contribution in [0.1, 0.15) is 24.2 Å². The van der Waals surface area contributed by atoms with E-state index in [0.29, 0.717) is 6.61 Å². The van der Waals surface area contributed by atoms with Crippen LogP contribution in [0.25, 0.3) is 0 Å². The van der Waals surface area contributed by atoms with E-state index in [9.17, 15) is 0 Å². The molecule has 0 aliphatic carbocycles. The third kappa shape index (κ3) is 3.15. The summed E-state index contributed by atoms with van der Waals surface area (Å²) in [6.45, 7) is 5.53. The van der Waals surface area contributed by atoms with Crippen molar-refractivity contribution in [3.8, 4) is 5.75 Å². The van der Waals surface area contributed by atoms with E-state index in [4.69, 9.17) is 4.74 Å². The zero-order chi connectivity index (χ0) is 13.7. The molecule has 0 spiro atoms. The Bertz CT molecular complexity index is 522. The number of aromatic nitrogens is 2. The molecule has 0 saturated heterocycles. The van der Waals surface area contributed by atoms with Crippen LogP contribution < -0.4 is 10.1 Å². The molecule has 0 aliphatic rings. The van der Waals surface area contributed by atoms with E-state index in [0.717, 1.165) is 18.0 Å². The molecule has 1 aromatic heterocycles. The van der Waals surface area contributed by atoms with E-state index in [2.05, 4.69) is 23.4 Å². The zero-order valence-electron chi connectivity index (χ0n) is 11.8. The number of hydrogen-bond acceptors (Lipinski definition) is 3. The van der Waals surface area contributed by atoms with Crippen molar-refractivity contribution < 1.29 is 4.74 Å². The standard InChI is InChI=1S/C15H21N3O/c1-4-19-15-8-6-5-7-13(15)14(16-3)11-18-12(2)9-10-17-18/h5-10,14,16H,4,11H2,1-3H3. The van der Waals surface area contributed by atoms with Crippen molar-refractivity contribution in [2.24, 2.45) is 0 Å². The van der Waals surface area contributed by atoms with Crippen molar-refractivity contribution >= 4 is 0 Å². The maximum atomic E-state index is 5.70. The number of aryl methyl sites for hydroxylation is 1. The molecule has 0 radical (unpaired) electrons. The van der Waals surface area contributed by atoms with Crippen LogP contribution in [0.3, 0.4) is 0 Å². The molecule has 0 amide bonds. The van der Waals surface area contributed by atoms with Crippen LogP contribution in [0.5, 0.6) is 5.75 Å². The van der Waals surface area contributed by atoms with Crippen LogP contribution in [0.2, 0.25) is 0 Å². The molecule has 0 aliphatic heterocycles. The normalized spacial score (nSPS) is 12.4. The van der Waals surface area contributed by atoms with Crippen LogP contribution >= 0.6 is 0 Å². The quantitative estimate of drug-likeness (QED) is 0.866. The molecule has 0 bridgehead atoms. The summed E-state index contributed by atoms with van der Waals surface area (Å²) in [4.78, 5) is 0. The second-order valence-corrected chi connectivity index (χ2v) is 4.47. The second kappa shape index (κ2) is 6.38. The Labute approximate surface area is 114 Å². The van der Waals surface area contributed by atoms with E-state index >= 15 is 0 Å². The first-order valence-electron chi connectivity index (χ1n) is 6.63. The van der Waals surface area contributed by atoms with Gasteiger partial charge in [0, 0.05) is 17.5 Å². The maximum Gasteiger partial charge on any atom is 0.124 e. The molecule has 4 nitrogen and oxygen atoms in total. The molecule has 1 atom stereocenters. The molecular weight excluding hydrogens is 238 g/mol. The molecule has 102 valence electrons. The third-order valence-corrected chi connectivity index (χ3v) is 3.23. The fraction of sp³-hybridized carbons (Fsp3) is 0.400. The minimum absolute atomic E-state index is 0.182. The summed E-state index contributed by atoms with van der Waals surface area (Å²) in [5, 5.41) is 7.68. The highest BCUT2D eigenvalue weighted by Gasteiger charge is 2.15. The number of nitrogens with zero attached hydrogens (tertiary/aromatic N) is 2.